The molecule has 1 fully saturated rings. The van der Waals surface area contributed by atoms with Gasteiger partial charge in [-0.3, -0.25) is 9.59 Å². The van der Waals surface area contributed by atoms with E-state index in [1.54, 1.807) is 0 Å². The summed E-state index contributed by atoms with van der Waals surface area (Å²) in [6.45, 7) is 1.50. The second-order valence-corrected chi connectivity index (χ2v) is 5.86. The number of pyridine rings is 1. The maximum absolute atomic E-state index is 12.5. The Morgan fingerprint density at radius 1 is 1.41 bits per heavy atom. The number of nitrogens with one attached hydrogen (secondary N) is 2. The zero-order valence-electron chi connectivity index (χ0n) is 12.8. The Hall–Kier alpha value is -2.14. The summed E-state index contributed by atoms with van der Waals surface area (Å²) < 4.78 is 0. The number of likely N-dealkylation sites (tertiary alicyclic amines) is 1. The monoisotopic (exact) mass is 299 g/mol. The molecule has 1 saturated heterocycles. The van der Waals surface area contributed by atoms with Crippen molar-refractivity contribution in [3.63, 3.8) is 0 Å². The Balaban J connectivity index is 1.79. The maximum atomic E-state index is 12.5. The highest BCUT2D eigenvalue weighted by Gasteiger charge is 2.23. The van der Waals surface area contributed by atoms with Gasteiger partial charge in [0.25, 0.3) is 5.56 Å². The van der Waals surface area contributed by atoms with Gasteiger partial charge in [0.2, 0.25) is 5.91 Å². The molecular formula is C17H21N3O2. The number of likely N-dealkylation sites (N-methyl/N-ethyl adjacent to an activating group) is 1. The molecule has 5 heteroatoms. The number of H-pyrrole nitrogens is 1. The third kappa shape index (κ3) is 3.04. The highest BCUT2D eigenvalue weighted by molar-refractivity contribution is 5.82. The predicted octanol–water partition coefficient (Wildman–Crippen LogP) is 1.28. The van der Waals surface area contributed by atoms with Gasteiger partial charge in [-0.05, 0) is 37.4 Å². The van der Waals surface area contributed by atoms with Crippen molar-refractivity contribution >= 4 is 16.8 Å². The summed E-state index contributed by atoms with van der Waals surface area (Å²) in [7, 11) is 1.92. The molecule has 22 heavy (non-hydrogen) atoms. The second kappa shape index (κ2) is 6.32. The molecule has 3 rings (SSSR count). The van der Waals surface area contributed by atoms with Gasteiger partial charge in [0, 0.05) is 30.2 Å². The van der Waals surface area contributed by atoms with E-state index < -0.39 is 0 Å². The number of carbonyl (C=O) groups excluding carboxylic acids is 1. The predicted molar refractivity (Wildman–Crippen MR) is 86.9 cm³/mol. The fourth-order valence-electron chi connectivity index (χ4n) is 3.04. The van der Waals surface area contributed by atoms with Crippen LogP contribution in [0, 0.1) is 0 Å². The van der Waals surface area contributed by atoms with Crippen LogP contribution in [0.15, 0.2) is 35.1 Å². The van der Waals surface area contributed by atoms with Crippen LogP contribution in [0.4, 0.5) is 0 Å². The van der Waals surface area contributed by atoms with Gasteiger partial charge in [0.15, 0.2) is 0 Å². The van der Waals surface area contributed by atoms with Gasteiger partial charge in [0.1, 0.15) is 0 Å². The quantitative estimate of drug-likeness (QED) is 0.897. The van der Waals surface area contributed by atoms with Gasteiger partial charge in [-0.1, -0.05) is 18.2 Å². The summed E-state index contributed by atoms with van der Waals surface area (Å²) in [5.74, 6) is 0.0285. The van der Waals surface area contributed by atoms with Crippen molar-refractivity contribution in [2.75, 3.05) is 20.1 Å². The molecule has 2 N–H and O–H groups in total. The van der Waals surface area contributed by atoms with Crippen LogP contribution in [0.3, 0.4) is 0 Å². The summed E-state index contributed by atoms with van der Waals surface area (Å²) in [6.07, 6.45) is 2.26. The number of para-hydroxylation sites is 1. The molecule has 1 aliphatic heterocycles. The Morgan fingerprint density at radius 3 is 3.05 bits per heavy atom. The van der Waals surface area contributed by atoms with Crippen LogP contribution in [0.1, 0.15) is 18.4 Å². The maximum Gasteiger partial charge on any atom is 0.252 e. The molecule has 2 aromatic rings. The molecule has 0 bridgehead atoms. The van der Waals surface area contributed by atoms with E-state index in [-0.39, 0.29) is 17.9 Å². The molecule has 0 saturated carbocycles. The summed E-state index contributed by atoms with van der Waals surface area (Å²) in [5, 5.41) is 4.18. The zero-order chi connectivity index (χ0) is 15.5. The SMILES string of the molecule is CN[C@@H]1CCCN(C(=O)Cc2cc3ccccc3[nH]c2=O)C1. The smallest absolute Gasteiger partial charge is 0.252 e. The lowest BCUT2D eigenvalue weighted by Gasteiger charge is -2.32. The Labute approximate surface area is 129 Å². The Morgan fingerprint density at radius 2 is 2.23 bits per heavy atom. The number of hydrogen-bond donors (Lipinski definition) is 2. The lowest BCUT2D eigenvalue weighted by Crippen LogP contribution is -2.47. The number of aromatic amines is 1. The summed E-state index contributed by atoms with van der Waals surface area (Å²) >= 11 is 0. The average Bonchev–Trinajstić information content (AvgIpc) is 2.55. The van der Waals surface area contributed by atoms with Crippen LogP contribution in [0.5, 0.6) is 0 Å². The average molecular weight is 299 g/mol. The molecule has 1 aromatic carbocycles. The number of rotatable bonds is 3. The lowest BCUT2D eigenvalue weighted by atomic mass is 10.0. The van der Waals surface area contributed by atoms with Crippen LogP contribution >= 0.6 is 0 Å². The fraction of sp³-hybridized carbons (Fsp3) is 0.412. The lowest BCUT2D eigenvalue weighted by molar-refractivity contribution is -0.131. The number of piperidine rings is 1. The summed E-state index contributed by atoms with van der Waals surface area (Å²) in [4.78, 5) is 29.3. The molecule has 0 radical (unpaired) electrons. The first-order valence-electron chi connectivity index (χ1n) is 7.73. The van der Waals surface area contributed by atoms with E-state index in [1.165, 1.54) is 0 Å². The minimum Gasteiger partial charge on any atom is -0.341 e. The Kier molecular flexibility index (Phi) is 4.24. The van der Waals surface area contributed by atoms with Crippen LogP contribution in [0.2, 0.25) is 0 Å². The van der Waals surface area contributed by atoms with E-state index in [0.29, 0.717) is 11.6 Å². The molecule has 0 aliphatic carbocycles. The van der Waals surface area contributed by atoms with E-state index >= 15 is 0 Å². The van der Waals surface area contributed by atoms with E-state index in [9.17, 15) is 9.59 Å². The normalized spacial score (nSPS) is 18.6. The third-order valence-corrected chi connectivity index (χ3v) is 4.35. The van der Waals surface area contributed by atoms with Crippen molar-refractivity contribution < 1.29 is 4.79 Å². The number of amides is 1. The van der Waals surface area contributed by atoms with Gasteiger partial charge in [-0.25, -0.2) is 0 Å². The number of benzene rings is 1. The number of aromatic nitrogens is 1. The van der Waals surface area contributed by atoms with Crippen molar-refractivity contribution in [2.24, 2.45) is 0 Å². The zero-order valence-corrected chi connectivity index (χ0v) is 12.8. The van der Waals surface area contributed by atoms with Crippen LogP contribution in [-0.2, 0) is 11.2 Å². The van der Waals surface area contributed by atoms with E-state index in [4.69, 9.17) is 0 Å². The van der Waals surface area contributed by atoms with Crippen molar-refractivity contribution in [3.8, 4) is 0 Å². The van der Waals surface area contributed by atoms with E-state index in [1.807, 2.05) is 42.3 Å². The fourth-order valence-corrected chi connectivity index (χ4v) is 3.04. The van der Waals surface area contributed by atoms with E-state index in [2.05, 4.69) is 10.3 Å². The Bertz CT molecular complexity index is 738. The number of carbonyl (C=O) groups is 1. The highest BCUT2D eigenvalue weighted by Crippen LogP contribution is 2.13. The molecule has 2 heterocycles. The van der Waals surface area contributed by atoms with Crippen LogP contribution in [-0.4, -0.2) is 42.0 Å². The van der Waals surface area contributed by atoms with Crippen molar-refractivity contribution in [1.29, 1.82) is 0 Å². The van der Waals surface area contributed by atoms with Crippen LogP contribution in [0.25, 0.3) is 10.9 Å². The minimum absolute atomic E-state index is 0.0285. The number of nitrogens with zero attached hydrogens (tertiary/aromatic N) is 1. The largest absolute Gasteiger partial charge is 0.341 e. The minimum atomic E-state index is -0.172. The van der Waals surface area contributed by atoms with Gasteiger partial charge in [-0.15, -0.1) is 0 Å². The van der Waals surface area contributed by atoms with E-state index in [0.717, 1.165) is 36.8 Å². The van der Waals surface area contributed by atoms with Gasteiger partial charge in [-0.2, -0.15) is 0 Å². The standard InChI is InChI=1S/C17H21N3O2/c1-18-14-6-4-8-20(11-14)16(21)10-13-9-12-5-2-3-7-15(12)19-17(13)22/h2-3,5,7,9,14,18H,4,6,8,10-11H2,1H3,(H,19,22)/t14-/m1/s1. The molecular weight excluding hydrogens is 278 g/mol. The second-order valence-electron chi connectivity index (χ2n) is 5.86. The van der Waals surface area contributed by atoms with Crippen LogP contribution < -0.4 is 10.9 Å². The summed E-state index contributed by atoms with van der Waals surface area (Å²) in [6, 6.07) is 9.80. The molecule has 1 atom stereocenters. The first kappa shape index (κ1) is 14.8. The van der Waals surface area contributed by atoms with Crippen molar-refractivity contribution in [3.05, 3.63) is 46.2 Å². The number of hydrogen-bond acceptors (Lipinski definition) is 3. The molecule has 1 aliphatic rings. The number of fused-ring (bicyclic) bond motifs is 1. The molecule has 0 spiro atoms. The van der Waals surface area contributed by atoms with Gasteiger partial charge in [0.05, 0.1) is 6.42 Å². The third-order valence-electron chi connectivity index (χ3n) is 4.35. The molecule has 0 unspecified atom stereocenters. The molecule has 116 valence electrons. The summed E-state index contributed by atoms with van der Waals surface area (Å²) in [5.41, 5.74) is 1.17. The van der Waals surface area contributed by atoms with Crippen molar-refractivity contribution in [2.45, 2.75) is 25.3 Å². The first-order valence-corrected chi connectivity index (χ1v) is 7.73. The molecule has 5 nitrogen and oxygen atoms in total. The van der Waals surface area contributed by atoms with Gasteiger partial charge >= 0.3 is 0 Å². The first-order chi connectivity index (χ1) is 10.7. The highest BCUT2D eigenvalue weighted by atomic mass is 16.2. The van der Waals surface area contributed by atoms with Crippen molar-refractivity contribution in [1.82, 2.24) is 15.2 Å². The van der Waals surface area contributed by atoms with Gasteiger partial charge < -0.3 is 15.2 Å². The topological polar surface area (TPSA) is 65.2 Å². The molecule has 1 aromatic heterocycles. The molecule has 1 amide bonds.